The average molecular weight is 1340 g/mol. The second-order valence-corrected chi connectivity index (χ2v) is 29.8. The number of esters is 4. The molecule has 0 fully saturated rings. The quantitative estimate of drug-likeness (QED) is 0.0222. The van der Waals surface area contributed by atoms with E-state index in [0.717, 1.165) is 102 Å². The number of carbonyl (C=O) groups is 4. The predicted molar refractivity (Wildman–Crippen MR) is 368 cm³/mol. The number of phosphoric acid groups is 2. The Balaban J connectivity index is 5.22. The molecule has 0 spiro atoms. The molecule has 0 radical (unpaired) electrons. The summed E-state index contributed by atoms with van der Waals surface area (Å²) in [7, 11) is -9.90. The van der Waals surface area contributed by atoms with Crippen LogP contribution in [-0.2, 0) is 65.4 Å². The minimum absolute atomic E-state index is 0.106. The van der Waals surface area contributed by atoms with Gasteiger partial charge in [-0.3, -0.25) is 37.3 Å². The average Bonchev–Trinajstić information content (AvgIpc) is 3.28. The smallest absolute Gasteiger partial charge is 0.462 e. The van der Waals surface area contributed by atoms with E-state index in [9.17, 15) is 43.2 Å². The molecule has 19 heteroatoms. The zero-order chi connectivity index (χ0) is 67.2. The van der Waals surface area contributed by atoms with Crippen molar-refractivity contribution in [3.05, 3.63) is 0 Å². The maximum absolute atomic E-state index is 13.0. The van der Waals surface area contributed by atoms with Crippen LogP contribution in [0.4, 0.5) is 0 Å². The molecule has 5 atom stereocenters. The maximum Gasteiger partial charge on any atom is 0.472 e. The van der Waals surface area contributed by atoms with E-state index in [4.69, 9.17) is 37.0 Å². The number of hydrogen-bond acceptors (Lipinski definition) is 15. The first-order valence-corrected chi connectivity index (χ1v) is 40.5. The normalized spacial score (nSPS) is 14.1. The Morgan fingerprint density at radius 3 is 0.747 bits per heavy atom. The van der Waals surface area contributed by atoms with Crippen molar-refractivity contribution in [3.63, 3.8) is 0 Å². The van der Waals surface area contributed by atoms with Crippen LogP contribution in [0.1, 0.15) is 369 Å². The van der Waals surface area contributed by atoms with Crippen LogP contribution >= 0.6 is 15.6 Å². The van der Waals surface area contributed by atoms with E-state index in [1.807, 2.05) is 0 Å². The highest BCUT2D eigenvalue weighted by Crippen LogP contribution is 2.45. The van der Waals surface area contributed by atoms with Crippen LogP contribution in [0.25, 0.3) is 0 Å². The summed E-state index contributed by atoms with van der Waals surface area (Å²) in [5, 5.41) is 10.6. The standard InChI is InChI=1S/C72H140O17P2/c1-7-9-11-13-15-17-30-36-42-48-54-69(74)82-60-67(88-71(76)56-50-44-38-31-18-16-14-12-10-8-2)62-86-90(78,79)84-58-66(73)59-85-91(80,81)87-63-68(61-83-70(75)55-49-43-37-32-27-26-29-35-41-47-53-65(5)6)89-72(77)57-51-45-39-33-25-23-21-19-20-22-24-28-34-40-46-52-64(3)4/h64-68,73H,7-63H2,1-6H3,(H,78,79)(H,80,81)/t66-,67+,68+/m0/s1. The van der Waals surface area contributed by atoms with Crippen molar-refractivity contribution in [1.82, 2.24) is 0 Å². The van der Waals surface area contributed by atoms with Gasteiger partial charge in [-0.1, -0.05) is 318 Å². The summed E-state index contributed by atoms with van der Waals surface area (Å²) < 4.78 is 68.3. The SMILES string of the molecule is CCCCCCCCCCCCC(=O)OC[C@H](COP(=O)(O)OC[C@H](O)COP(=O)(O)OC[C@@H](COC(=O)CCCCCCCCCCCCC(C)C)OC(=O)CCCCCCCCCCCCCCCCCC(C)C)OC(=O)CCCCCCCCCCCC. The highest BCUT2D eigenvalue weighted by molar-refractivity contribution is 7.47. The number of ether oxygens (including phenoxy) is 4. The Morgan fingerprint density at radius 2 is 0.505 bits per heavy atom. The molecule has 2 unspecified atom stereocenters. The van der Waals surface area contributed by atoms with Crippen LogP contribution in [0.2, 0.25) is 0 Å². The van der Waals surface area contributed by atoms with Crippen molar-refractivity contribution < 1.29 is 80.2 Å². The van der Waals surface area contributed by atoms with E-state index in [0.29, 0.717) is 25.7 Å². The zero-order valence-corrected chi connectivity index (χ0v) is 60.9. The third kappa shape index (κ3) is 66.5. The number of rotatable bonds is 71. The number of aliphatic hydroxyl groups excluding tert-OH is 1. The molecule has 0 aromatic carbocycles. The molecule has 0 aliphatic heterocycles. The molecule has 540 valence electrons. The lowest BCUT2D eigenvalue weighted by molar-refractivity contribution is -0.161. The van der Waals surface area contributed by atoms with Crippen molar-refractivity contribution in [2.45, 2.75) is 387 Å². The third-order valence-electron chi connectivity index (χ3n) is 16.7. The first-order chi connectivity index (χ1) is 43.9. The summed E-state index contributed by atoms with van der Waals surface area (Å²) in [5.41, 5.74) is 0. The summed E-state index contributed by atoms with van der Waals surface area (Å²) in [5.74, 6) is -0.560. The first-order valence-electron chi connectivity index (χ1n) is 37.5. The number of phosphoric ester groups is 2. The number of aliphatic hydroxyl groups is 1. The van der Waals surface area contributed by atoms with Gasteiger partial charge in [0.1, 0.15) is 19.3 Å². The molecule has 17 nitrogen and oxygen atoms in total. The lowest BCUT2D eigenvalue weighted by Gasteiger charge is -2.21. The molecule has 91 heavy (non-hydrogen) atoms. The summed E-state index contributed by atoms with van der Waals surface area (Å²) >= 11 is 0. The van der Waals surface area contributed by atoms with E-state index in [-0.39, 0.29) is 25.7 Å². The van der Waals surface area contributed by atoms with Gasteiger partial charge >= 0.3 is 39.5 Å². The molecule has 0 aromatic rings. The van der Waals surface area contributed by atoms with Crippen LogP contribution in [0.5, 0.6) is 0 Å². The van der Waals surface area contributed by atoms with Gasteiger partial charge in [-0.25, -0.2) is 9.13 Å². The molecule has 0 rings (SSSR count). The van der Waals surface area contributed by atoms with Gasteiger partial charge in [0.15, 0.2) is 12.2 Å². The van der Waals surface area contributed by atoms with Gasteiger partial charge in [-0.15, -0.1) is 0 Å². The summed E-state index contributed by atoms with van der Waals surface area (Å²) in [6.07, 6.45) is 49.9. The molecular formula is C72H140O17P2. The molecule has 0 saturated heterocycles. The fourth-order valence-electron chi connectivity index (χ4n) is 10.9. The van der Waals surface area contributed by atoms with Crippen molar-refractivity contribution in [3.8, 4) is 0 Å². The van der Waals surface area contributed by atoms with Crippen molar-refractivity contribution in [2.75, 3.05) is 39.6 Å². The molecule has 0 heterocycles. The van der Waals surface area contributed by atoms with E-state index >= 15 is 0 Å². The van der Waals surface area contributed by atoms with Gasteiger partial charge in [-0.2, -0.15) is 0 Å². The summed E-state index contributed by atoms with van der Waals surface area (Å²) in [4.78, 5) is 72.6. The van der Waals surface area contributed by atoms with E-state index in [1.54, 1.807) is 0 Å². The van der Waals surface area contributed by atoms with E-state index in [1.165, 1.54) is 186 Å². The molecule has 0 aliphatic carbocycles. The van der Waals surface area contributed by atoms with Crippen molar-refractivity contribution in [2.24, 2.45) is 11.8 Å². The van der Waals surface area contributed by atoms with Crippen LogP contribution in [0, 0.1) is 11.8 Å². The second-order valence-electron chi connectivity index (χ2n) is 26.9. The summed E-state index contributed by atoms with van der Waals surface area (Å²) in [6, 6.07) is 0. The van der Waals surface area contributed by atoms with Gasteiger partial charge < -0.3 is 33.8 Å². The van der Waals surface area contributed by atoms with Gasteiger partial charge in [0, 0.05) is 25.7 Å². The van der Waals surface area contributed by atoms with Crippen LogP contribution in [0.3, 0.4) is 0 Å². The van der Waals surface area contributed by atoms with Crippen LogP contribution in [-0.4, -0.2) is 96.7 Å². The fraction of sp³-hybridized carbons (Fsp3) is 0.944. The first kappa shape index (κ1) is 89.1. The van der Waals surface area contributed by atoms with E-state index in [2.05, 4.69) is 41.5 Å². The molecule has 0 amide bonds. The largest absolute Gasteiger partial charge is 0.472 e. The highest BCUT2D eigenvalue weighted by Gasteiger charge is 2.30. The molecule has 0 aliphatic rings. The Kier molecular flexibility index (Phi) is 62.7. The van der Waals surface area contributed by atoms with Gasteiger partial charge in [0.05, 0.1) is 26.4 Å². The summed E-state index contributed by atoms with van der Waals surface area (Å²) in [6.45, 7) is 9.57. The fourth-order valence-corrected chi connectivity index (χ4v) is 12.5. The molecule has 0 saturated carbocycles. The molecule has 0 bridgehead atoms. The minimum Gasteiger partial charge on any atom is -0.462 e. The number of hydrogen-bond donors (Lipinski definition) is 3. The third-order valence-corrected chi connectivity index (χ3v) is 18.6. The van der Waals surface area contributed by atoms with Crippen LogP contribution in [0.15, 0.2) is 0 Å². The van der Waals surface area contributed by atoms with Gasteiger partial charge in [0.2, 0.25) is 0 Å². The van der Waals surface area contributed by atoms with Crippen molar-refractivity contribution >= 4 is 39.5 Å². The Bertz CT molecular complexity index is 1770. The highest BCUT2D eigenvalue weighted by atomic mass is 31.2. The predicted octanol–water partition coefficient (Wildman–Crippen LogP) is 20.8. The lowest BCUT2D eigenvalue weighted by atomic mass is 10.0. The van der Waals surface area contributed by atoms with Crippen molar-refractivity contribution in [1.29, 1.82) is 0 Å². The number of unbranched alkanes of at least 4 members (excludes halogenated alkanes) is 41. The van der Waals surface area contributed by atoms with Gasteiger partial charge in [-0.05, 0) is 37.5 Å². The Morgan fingerprint density at radius 1 is 0.297 bits per heavy atom. The molecule has 3 N–H and O–H groups in total. The molecule has 0 aromatic heterocycles. The van der Waals surface area contributed by atoms with E-state index < -0.39 is 97.5 Å². The lowest BCUT2D eigenvalue weighted by Crippen LogP contribution is -2.30. The topological polar surface area (TPSA) is 237 Å². The maximum atomic E-state index is 13.0. The Labute approximate surface area is 556 Å². The number of carbonyl (C=O) groups excluding carboxylic acids is 4. The monoisotopic (exact) mass is 1340 g/mol. The second kappa shape index (κ2) is 64.1. The van der Waals surface area contributed by atoms with Gasteiger partial charge in [0.25, 0.3) is 0 Å². The molecular weight excluding hydrogens is 1200 g/mol. The van der Waals surface area contributed by atoms with Crippen LogP contribution < -0.4 is 0 Å². The minimum atomic E-state index is -4.95. The zero-order valence-electron chi connectivity index (χ0n) is 59.1. The Hall–Kier alpha value is -1.94.